The molecule has 0 aromatic heterocycles. The molecule has 0 radical (unpaired) electrons. The van der Waals surface area contributed by atoms with Crippen LogP contribution >= 0.6 is 0 Å². The van der Waals surface area contributed by atoms with Crippen molar-refractivity contribution in [3.05, 3.63) is 29.8 Å². The highest BCUT2D eigenvalue weighted by Crippen LogP contribution is 2.43. The molecule has 1 unspecified atom stereocenters. The quantitative estimate of drug-likeness (QED) is 0.828. The lowest BCUT2D eigenvalue weighted by Crippen LogP contribution is -2.57. The summed E-state index contributed by atoms with van der Waals surface area (Å²) in [7, 11) is 0. The number of anilines is 1. The van der Waals surface area contributed by atoms with Crippen LogP contribution in [0.1, 0.15) is 57.3 Å². The third kappa shape index (κ3) is 3.30. The molecule has 1 fully saturated rings. The van der Waals surface area contributed by atoms with Gasteiger partial charge in [-0.05, 0) is 52.2 Å². The van der Waals surface area contributed by atoms with Crippen molar-refractivity contribution in [2.45, 2.75) is 64.6 Å². The first kappa shape index (κ1) is 18.7. The lowest BCUT2D eigenvalue weighted by atomic mass is 9.83. The maximum atomic E-state index is 13.0. The molecule has 142 valence electrons. The van der Waals surface area contributed by atoms with Crippen LogP contribution in [0, 0.1) is 11.8 Å². The summed E-state index contributed by atoms with van der Waals surface area (Å²) in [5, 5.41) is 21.6. The van der Waals surface area contributed by atoms with Crippen LogP contribution < -0.4 is 5.06 Å². The second-order valence-electron chi connectivity index (χ2n) is 8.58. The van der Waals surface area contributed by atoms with Crippen molar-refractivity contribution in [2.24, 2.45) is 11.8 Å². The van der Waals surface area contributed by atoms with Crippen molar-refractivity contribution in [3.63, 3.8) is 0 Å². The number of benzene rings is 1. The molecule has 2 aliphatic rings. The molecule has 6 nitrogen and oxygen atoms in total. The number of rotatable bonds is 5. The lowest BCUT2D eigenvalue weighted by molar-refractivity contribution is 0.0359. The molecule has 0 bridgehead atoms. The Labute approximate surface area is 154 Å². The minimum Gasteiger partial charge on any atom is -0.465 e. The standard InChI is InChI=1S/C20H28N2O4/c1-12(21(19(24)25)20(2,3)4)15(11-13-9-10-13)17-18(23)14-7-5-6-8-16(14)22(17)26/h5-8,12-13,15,17,26H,9-11H2,1-4H3,(H,24,25)/t12-,15-,17?/m0/s1. The number of amides is 1. The minimum absolute atomic E-state index is 0.125. The fraction of sp³-hybridized carbons (Fsp3) is 0.600. The van der Waals surface area contributed by atoms with E-state index in [0.717, 1.165) is 24.3 Å². The first-order chi connectivity index (χ1) is 12.1. The van der Waals surface area contributed by atoms with Gasteiger partial charge in [-0.2, -0.15) is 0 Å². The summed E-state index contributed by atoms with van der Waals surface area (Å²) in [6.07, 6.45) is 1.94. The number of para-hydroxylation sites is 1. The van der Waals surface area contributed by atoms with Gasteiger partial charge in [0.2, 0.25) is 0 Å². The molecular weight excluding hydrogens is 332 g/mol. The minimum atomic E-state index is -1.00. The highest BCUT2D eigenvalue weighted by molar-refractivity contribution is 6.10. The highest BCUT2D eigenvalue weighted by atomic mass is 16.5. The van der Waals surface area contributed by atoms with E-state index in [9.17, 15) is 19.9 Å². The first-order valence-electron chi connectivity index (χ1n) is 9.26. The van der Waals surface area contributed by atoms with Crippen molar-refractivity contribution in [2.75, 3.05) is 5.06 Å². The van der Waals surface area contributed by atoms with Gasteiger partial charge in [0.05, 0.1) is 5.69 Å². The van der Waals surface area contributed by atoms with Gasteiger partial charge in [-0.25, -0.2) is 9.86 Å². The number of fused-ring (bicyclic) bond motifs is 1. The molecule has 1 amide bonds. The number of carboxylic acid groups (broad SMARTS) is 1. The van der Waals surface area contributed by atoms with Gasteiger partial charge >= 0.3 is 6.09 Å². The zero-order chi connectivity index (χ0) is 19.2. The summed E-state index contributed by atoms with van der Waals surface area (Å²) in [4.78, 5) is 26.4. The van der Waals surface area contributed by atoms with Crippen LogP contribution in [0.5, 0.6) is 0 Å². The van der Waals surface area contributed by atoms with Crippen molar-refractivity contribution in [1.82, 2.24) is 4.90 Å². The smallest absolute Gasteiger partial charge is 0.407 e. The van der Waals surface area contributed by atoms with Crippen molar-refractivity contribution < 1.29 is 19.9 Å². The Morgan fingerprint density at radius 1 is 1.31 bits per heavy atom. The molecule has 1 heterocycles. The van der Waals surface area contributed by atoms with E-state index >= 15 is 0 Å². The molecule has 3 rings (SSSR count). The number of Topliss-reactive ketones (excluding diaryl/α,β-unsaturated/α-hetero) is 1. The monoisotopic (exact) mass is 360 g/mol. The zero-order valence-corrected chi connectivity index (χ0v) is 15.8. The zero-order valence-electron chi connectivity index (χ0n) is 15.8. The van der Waals surface area contributed by atoms with Gasteiger partial charge < -0.3 is 10.0 Å². The number of carbonyl (C=O) groups excluding carboxylic acids is 1. The van der Waals surface area contributed by atoms with Crippen LogP contribution in [0.2, 0.25) is 0 Å². The van der Waals surface area contributed by atoms with Gasteiger partial charge in [0.1, 0.15) is 6.04 Å². The Balaban J connectivity index is 1.96. The predicted molar refractivity (Wildman–Crippen MR) is 98.7 cm³/mol. The van der Waals surface area contributed by atoms with Crippen molar-refractivity contribution in [1.29, 1.82) is 0 Å². The molecule has 0 spiro atoms. The summed E-state index contributed by atoms with van der Waals surface area (Å²) in [6.45, 7) is 7.42. The summed E-state index contributed by atoms with van der Waals surface area (Å²) in [5.74, 6) is 0.102. The van der Waals surface area contributed by atoms with Gasteiger partial charge in [0.25, 0.3) is 0 Å². The molecule has 0 saturated heterocycles. The third-order valence-electron chi connectivity index (χ3n) is 5.61. The summed E-state index contributed by atoms with van der Waals surface area (Å²) in [6, 6.07) is 5.88. The molecular formula is C20H28N2O4. The summed E-state index contributed by atoms with van der Waals surface area (Å²) < 4.78 is 0. The third-order valence-corrected chi connectivity index (χ3v) is 5.61. The Morgan fingerprint density at radius 3 is 2.42 bits per heavy atom. The average molecular weight is 360 g/mol. The fourth-order valence-corrected chi connectivity index (χ4v) is 4.27. The summed E-state index contributed by atoms with van der Waals surface area (Å²) in [5.41, 5.74) is 0.417. The van der Waals surface area contributed by atoms with Crippen LogP contribution in [-0.4, -0.2) is 44.7 Å². The maximum Gasteiger partial charge on any atom is 0.407 e. The van der Waals surface area contributed by atoms with Crippen LogP contribution in [0.4, 0.5) is 10.5 Å². The van der Waals surface area contributed by atoms with E-state index in [0.29, 0.717) is 17.2 Å². The van der Waals surface area contributed by atoms with Crippen LogP contribution in [0.25, 0.3) is 0 Å². The number of ketones is 1. The Hall–Kier alpha value is -2.08. The summed E-state index contributed by atoms with van der Waals surface area (Å²) >= 11 is 0. The Morgan fingerprint density at radius 2 is 1.92 bits per heavy atom. The van der Waals surface area contributed by atoms with E-state index in [-0.39, 0.29) is 11.7 Å². The number of nitrogens with zero attached hydrogens (tertiary/aromatic N) is 2. The maximum absolute atomic E-state index is 13.0. The van der Waals surface area contributed by atoms with Gasteiger partial charge in [-0.3, -0.25) is 10.0 Å². The van der Waals surface area contributed by atoms with Gasteiger partial charge in [-0.1, -0.05) is 25.0 Å². The highest BCUT2D eigenvalue weighted by Gasteiger charge is 2.48. The van der Waals surface area contributed by atoms with E-state index in [4.69, 9.17) is 0 Å². The fourth-order valence-electron chi connectivity index (χ4n) is 4.27. The van der Waals surface area contributed by atoms with E-state index < -0.39 is 23.7 Å². The number of carbonyl (C=O) groups is 2. The molecule has 1 aromatic rings. The predicted octanol–water partition coefficient (Wildman–Crippen LogP) is 4.03. The normalized spacial score (nSPS) is 22.1. The Kier molecular flexibility index (Phi) is 4.73. The van der Waals surface area contributed by atoms with Gasteiger partial charge in [-0.15, -0.1) is 0 Å². The first-order valence-corrected chi connectivity index (χ1v) is 9.26. The van der Waals surface area contributed by atoms with Crippen LogP contribution in [0.15, 0.2) is 24.3 Å². The molecule has 6 heteroatoms. The molecule has 26 heavy (non-hydrogen) atoms. The second kappa shape index (κ2) is 6.58. The Bertz CT molecular complexity index is 708. The van der Waals surface area contributed by atoms with Crippen molar-refractivity contribution in [3.8, 4) is 0 Å². The molecule has 1 aliphatic heterocycles. The number of hydrogen-bond donors (Lipinski definition) is 2. The SMILES string of the molecule is C[C@@H]([C@H](CC1CC1)C1C(=O)c2ccccc2N1O)N(C(=O)O)C(C)(C)C. The van der Waals surface area contributed by atoms with E-state index in [2.05, 4.69) is 0 Å². The molecule has 1 aromatic carbocycles. The lowest BCUT2D eigenvalue weighted by Gasteiger charge is -2.43. The largest absolute Gasteiger partial charge is 0.465 e. The molecule has 2 N–H and O–H groups in total. The van der Waals surface area contributed by atoms with Crippen molar-refractivity contribution >= 4 is 17.6 Å². The number of hydroxylamine groups is 1. The molecule has 3 atom stereocenters. The molecule has 1 saturated carbocycles. The average Bonchev–Trinajstić information content (AvgIpc) is 3.32. The van der Waals surface area contributed by atoms with E-state index in [1.54, 1.807) is 24.3 Å². The molecule has 1 aliphatic carbocycles. The number of hydrogen-bond acceptors (Lipinski definition) is 4. The van der Waals surface area contributed by atoms with Gasteiger partial charge in [0.15, 0.2) is 5.78 Å². The van der Waals surface area contributed by atoms with Crippen LogP contribution in [0.3, 0.4) is 0 Å². The topological polar surface area (TPSA) is 81.1 Å². The van der Waals surface area contributed by atoms with Crippen LogP contribution in [-0.2, 0) is 0 Å². The van der Waals surface area contributed by atoms with E-state index in [1.807, 2.05) is 27.7 Å². The van der Waals surface area contributed by atoms with Gasteiger partial charge in [0, 0.05) is 23.1 Å². The second-order valence-corrected chi connectivity index (χ2v) is 8.58. The van der Waals surface area contributed by atoms with E-state index in [1.165, 1.54) is 4.90 Å².